The molecule has 0 amide bonds. The maximum atomic E-state index is 12.2. The smallest absolute Gasteiger partial charge is 0.257 e. The van der Waals surface area contributed by atoms with E-state index in [0.29, 0.717) is 19.0 Å². The Morgan fingerprint density at radius 1 is 1.58 bits per heavy atom. The van der Waals surface area contributed by atoms with Crippen LogP contribution in [0.4, 0.5) is 0 Å². The quantitative estimate of drug-likeness (QED) is 0.801. The lowest BCUT2D eigenvalue weighted by atomic mass is 10.0. The van der Waals surface area contributed by atoms with Gasteiger partial charge in [0, 0.05) is 13.1 Å². The molecule has 1 aliphatic heterocycles. The predicted molar refractivity (Wildman–Crippen MR) is 73.3 cm³/mol. The molecule has 0 radical (unpaired) electrons. The fourth-order valence-corrected chi connectivity index (χ4v) is 3.59. The summed E-state index contributed by atoms with van der Waals surface area (Å²) in [6.45, 7) is 5.03. The summed E-state index contributed by atoms with van der Waals surface area (Å²) in [5.74, 6) is 0.381. The molecule has 1 fully saturated rings. The van der Waals surface area contributed by atoms with Gasteiger partial charge in [-0.1, -0.05) is 6.92 Å². The third-order valence-corrected chi connectivity index (χ3v) is 4.79. The van der Waals surface area contributed by atoms with Crippen LogP contribution in [0.15, 0.2) is 17.3 Å². The summed E-state index contributed by atoms with van der Waals surface area (Å²) in [5, 5.41) is 7.60. The van der Waals surface area contributed by atoms with E-state index in [1.54, 1.807) is 10.7 Å². The van der Waals surface area contributed by atoms with Gasteiger partial charge in [-0.15, -0.1) is 0 Å². The Morgan fingerprint density at radius 3 is 3.11 bits per heavy atom. The second kappa shape index (κ2) is 6.49. The van der Waals surface area contributed by atoms with Crippen molar-refractivity contribution in [1.82, 2.24) is 19.8 Å². The third kappa shape index (κ3) is 3.77. The minimum Gasteiger partial charge on any atom is -0.316 e. The van der Waals surface area contributed by atoms with E-state index >= 15 is 0 Å². The van der Waals surface area contributed by atoms with Crippen LogP contribution in [0.25, 0.3) is 0 Å². The van der Waals surface area contributed by atoms with E-state index in [9.17, 15) is 8.42 Å². The molecule has 0 spiro atoms. The Balaban J connectivity index is 1.98. The Kier molecular flexibility index (Phi) is 4.95. The zero-order valence-corrected chi connectivity index (χ0v) is 12.1. The van der Waals surface area contributed by atoms with Crippen molar-refractivity contribution in [3.8, 4) is 0 Å². The molecule has 1 aliphatic rings. The number of nitrogens with one attached hydrogen (secondary N) is 2. The fraction of sp³-hybridized carbons (Fsp3) is 0.750. The van der Waals surface area contributed by atoms with Gasteiger partial charge in [0.15, 0.2) is 5.03 Å². The SMILES string of the molecule is CCCn1nccc1S(=O)(=O)NC[C@@H]1CCCNC1. The predicted octanol–water partition coefficient (Wildman–Crippen LogP) is 0.571. The first-order valence-corrected chi connectivity index (χ1v) is 8.34. The fourth-order valence-electron chi connectivity index (χ4n) is 2.33. The molecular formula is C12H22N4O2S. The van der Waals surface area contributed by atoms with Crippen LogP contribution in [0.1, 0.15) is 26.2 Å². The Hall–Kier alpha value is -0.920. The zero-order chi connectivity index (χ0) is 13.7. The van der Waals surface area contributed by atoms with Crippen molar-refractivity contribution in [1.29, 1.82) is 0 Å². The first-order chi connectivity index (χ1) is 9.13. The van der Waals surface area contributed by atoms with Gasteiger partial charge in [-0.3, -0.25) is 4.68 Å². The molecule has 1 atom stereocenters. The lowest BCUT2D eigenvalue weighted by Gasteiger charge is -2.22. The summed E-state index contributed by atoms with van der Waals surface area (Å²) < 4.78 is 28.7. The first-order valence-electron chi connectivity index (χ1n) is 6.85. The minimum absolute atomic E-state index is 0.262. The van der Waals surface area contributed by atoms with Crippen molar-refractivity contribution >= 4 is 10.0 Å². The van der Waals surface area contributed by atoms with Gasteiger partial charge in [-0.25, -0.2) is 13.1 Å². The Morgan fingerprint density at radius 2 is 2.42 bits per heavy atom. The number of hydrogen-bond donors (Lipinski definition) is 2. The molecule has 7 heteroatoms. The van der Waals surface area contributed by atoms with Gasteiger partial charge in [0.25, 0.3) is 10.0 Å². The van der Waals surface area contributed by atoms with Crippen LogP contribution < -0.4 is 10.0 Å². The lowest BCUT2D eigenvalue weighted by Crippen LogP contribution is -2.38. The van der Waals surface area contributed by atoms with Crippen LogP contribution in [0, 0.1) is 5.92 Å². The molecule has 2 N–H and O–H groups in total. The number of rotatable bonds is 6. The average Bonchev–Trinajstić information content (AvgIpc) is 2.87. The van der Waals surface area contributed by atoms with Gasteiger partial charge in [0.1, 0.15) is 0 Å². The van der Waals surface area contributed by atoms with E-state index in [-0.39, 0.29) is 5.03 Å². The maximum Gasteiger partial charge on any atom is 0.257 e. The van der Waals surface area contributed by atoms with E-state index in [2.05, 4.69) is 15.1 Å². The van der Waals surface area contributed by atoms with Crippen LogP contribution in [-0.4, -0.2) is 37.8 Å². The van der Waals surface area contributed by atoms with Crippen molar-refractivity contribution in [2.45, 2.75) is 37.8 Å². The molecule has 108 valence electrons. The van der Waals surface area contributed by atoms with E-state index in [4.69, 9.17) is 0 Å². The minimum atomic E-state index is -3.45. The summed E-state index contributed by atoms with van der Waals surface area (Å²) in [6.07, 6.45) is 4.58. The summed E-state index contributed by atoms with van der Waals surface area (Å²) >= 11 is 0. The van der Waals surface area contributed by atoms with Crippen LogP contribution in [0.2, 0.25) is 0 Å². The topological polar surface area (TPSA) is 76.0 Å². The summed E-state index contributed by atoms with van der Waals surface area (Å²) in [6, 6.07) is 1.55. The molecule has 1 aromatic heterocycles. The molecule has 0 aliphatic carbocycles. The molecule has 2 rings (SSSR count). The Bertz CT molecular complexity index is 492. The van der Waals surface area contributed by atoms with Gasteiger partial charge in [-0.05, 0) is 44.3 Å². The highest BCUT2D eigenvalue weighted by molar-refractivity contribution is 7.89. The highest BCUT2D eigenvalue weighted by Crippen LogP contribution is 2.12. The van der Waals surface area contributed by atoms with Crippen LogP contribution >= 0.6 is 0 Å². The number of nitrogens with zero attached hydrogens (tertiary/aromatic N) is 2. The number of piperidine rings is 1. The van der Waals surface area contributed by atoms with E-state index in [1.807, 2.05) is 6.92 Å². The van der Waals surface area contributed by atoms with E-state index in [1.165, 1.54) is 6.20 Å². The summed E-state index contributed by atoms with van der Waals surface area (Å²) in [7, 11) is -3.45. The van der Waals surface area contributed by atoms with Crippen molar-refractivity contribution < 1.29 is 8.42 Å². The summed E-state index contributed by atoms with van der Waals surface area (Å²) in [5.41, 5.74) is 0. The summed E-state index contributed by atoms with van der Waals surface area (Å²) in [4.78, 5) is 0. The second-order valence-electron chi connectivity index (χ2n) is 4.96. The van der Waals surface area contributed by atoms with Gasteiger partial charge in [-0.2, -0.15) is 5.10 Å². The van der Waals surface area contributed by atoms with E-state index < -0.39 is 10.0 Å². The van der Waals surface area contributed by atoms with Gasteiger partial charge < -0.3 is 5.32 Å². The maximum absolute atomic E-state index is 12.2. The molecular weight excluding hydrogens is 264 g/mol. The zero-order valence-electron chi connectivity index (χ0n) is 11.3. The average molecular weight is 286 g/mol. The number of hydrogen-bond acceptors (Lipinski definition) is 4. The molecule has 1 aromatic rings. The molecule has 0 aromatic carbocycles. The highest BCUT2D eigenvalue weighted by atomic mass is 32.2. The van der Waals surface area contributed by atoms with Gasteiger partial charge in [0.2, 0.25) is 0 Å². The van der Waals surface area contributed by atoms with Crippen LogP contribution in [0.5, 0.6) is 0 Å². The van der Waals surface area contributed by atoms with Crippen LogP contribution in [0.3, 0.4) is 0 Å². The number of aromatic nitrogens is 2. The second-order valence-corrected chi connectivity index (χ2v) is 6.67. The lowest BCUT2D eigenvalue weighted by molar-refractivity contribution is 0.375. The van der Waals surface area contributed by atoms with Gasteiger partial charge >= 0.3 is 0 Å². The molecule has 0 bridgehead atoms. The Labute approximate surface area is 114 Å². The number of aryl methyl sites for hydroxylation is 1. The molecule has 6 nitrogen and oxygen atoms in total. The third-order valence-electron chi connectivity index (χ3n) is 3.35. The normalized spacial score (nSPS) is 20.6. The van der Waals surface area contributed by atoms with Crippen molar-refractivity contribution in [2.75, 3.05) is 19.6 Å². The highest BCUT2D eigenvalue weighted by Gasteiger charge is 2.21. The van der Waals surface area contributed by atoms with Crippen molar-refractivity contribution in [2.24, 2.45) is 5.92 Å². The molecule has 0 saturated carbocycles. The largest absolute Gasteiger partial charge is 0.316 e. The molecule has 19 heavy (non-hydrogen) atoms. The van der Waals surface area contributed by atoms with Gasteiger partial charge in [0.05, 0.1) is 6.20 Å². The molecule has 2 heterocycles. The molecule has 0 unspecified atom stereocenters. The van der Waals surface area contributed by atoms with E-state index in [0.717, 1.165) is 32.4 Å². The first kappa shape index (κ1) is 14.5. The monoisotopic (exact) mass is 286 g/mol. The molecule has 1 saturated heterocycles. The number of sulfonamides is 1. The van der Waals surface area contributed by atoms with Crippen molar-refractivity contribution in [3.05, 3.63) is 12.3 Å². The standard InChI is InChI=1S/C12H22N4O2S/c1-2-8-16-12(5-7-14-16)19(17,18)15-10-11-4-3-6-13-9-11/h5,7,11,13,15H,2-4,6,8-10H2,1H3/t11-/m1/s1. The van der Waals surface area contributed by atoms with Crippen LogP contribution in [-0.2, 0) is 16.6 Å². The van der Waals surface area contributed by atoms with Crippen molar-refractivity contribution in [3.63, 3.8) is 0 Å².